The first-order chi connectivity index (χ1) is 10.1. The molecule has 4 nitrogen and oxygen atoms in total. The third-order valence-electron chi connectivity index (χ3n) is 3.60. The smallest absolute Gasteiger partial charge is 0.290 e. The van der Waals surface area contributed by atoms with E-state index in [2.05, 4.69) is 0 Å². The summed E-state index contributed by atoms with van der Waals surface area (Å²) in [4.78, 5) is 13.8. The van der Waals surface area contributed by atoms with Crippen molar-refractivity contribution in [3.8, 4) is 0 Å². The molecule has 1 amide bonds. The van der Waals surface area contributed by atoms with Gasteiger partial charge in [0.1, 0.15) is 0 Å². The SMILES string of the molecule is O=C(c1ccco1)N1C[C@H](O)C[C@@H]1c1ccc(F)c(F)c1. The predicted octanol–water partition coefficient (Wildman–Crippen LogP) is 2.51. The Kier molecular flexibility index (Phi) is 3.47. The molecule has 1 aromatic heterocycles. The molecule has 3 rings (SSSR count). The number of aliphatic hydroxyl groups is 1. The molecule has 1 aromatic carbocycles. The van der Waals surface area contributed by atoms with E-state index in [1.54, 1.807) is 6.07 Å². The molecule has 1 N–H and O–H groups in total. The number of hydrogen-bond donors (Lipinski definition) is 1. The zero-order valence-corrected chi connectivity index (χ0v) is 11.0. The minimum atomic E-state index is -0.973. The van der Waals surface area contributed by atoms with Crippen LogP contribution in [0.3, 0.4) is 0 Å². The molecule has 1 saturated heterocycles. The lowest BCUT2D eigenvalue weighted by molar-refractivity contribution is 0.0683. The molecule has 0 bridgehead atoms. The molecular formula is C15H13F2NO3. The Hall–Kier alpha value is -2.21. The molecule has 1 aliphatic rings. The number of furan rings is 1. The minimum absolute atomic E-state index is 0.128. The van der Waals surface area contributed by atoms with Gasteiger partial charge in [0.2, 0.25) is 0 Å². The first kappa shape index (κ1) is 13.8. The van der Waals surface area contributed by atoms with Crippen LogP contribution < -0.4 is 0 Å². The zero-order valence-electron chi connectivity index (χ0n) is 11.0. The summed E-state index contributed by atoms with van der Waals surface area (Å²) >= 11 is 0. The van der Waals surface area contributed by atoms with Crippen LogP contribution in [0.4, 0.5) is 8.78 Å². The molecule has 1 aliphatic heterocycles. The second kappa shape index (κ2) is 5.29. The number of carbonyl (C=O) groups excluding carboxylic acids is 1. The molecule has 2 aromatic rings. The van der Waals surface area contributed by atoms with Crippen molar-refractivity contribution in [2.45, 2.75) is 18.6 Å². The number of halogens is 2. The van der Waals surface area contributed by atoms with Gasteiger partial charge in [0.05, 0.1) is 18.4 Å². The molecule has 21 heavy (non-hydrogen) atoms. The van der Waals surface area contributed by atoms with Gasteiger partial charge in [0.15, 0.2) is 17.4 Å². The van der Waals surface area contributed by atoms with Crippen LogP contribution in [0.15, 0.2) is 41.0 Å². The normalized spacial score (nSPS) is 21.8. The van der Waals surface area contributed by atoms with Gasteiger partial charge in [-0.3, -0.25) is 4.79 Å². The molecule has 0 unspecified atom stereocenters. The summed E-state index contributed by atoms with van der Waals surface area (Å²) in [5.74, 6) is -2.15. The topological polar surface area (TPSA) is 53.7 Å². The first-order valence-corrected chi connectivity index (χ1v) is 6.53. The summed E-state index contributed by atoms with van der Waals surface area (Å²) in [6.07, 6.45) is 0.950. The predicted molar refractivity (Wildman–Crippen MR) is 69.5 cm³/mol. The van der Waals surface area contributed by atoms with Crippen LogP contribution in [-0.2, 0) is 0 Å². The number of carbonyl (C=O) groups is 1. The number of likely N-dealkylation sites (tertiary alicyclic amines) is 1. The van der Waals surface area contributed by atoms with Crippen LogP contribution in [0.5, 0.6) is 0 Å². The molecule has 2 heterocycles. The monoisotopic (exact) mass is 293 g/mol. The van der Waals surface area contributed by atoms with Crippen LogP contribution >= 0.6 is 0 Å². The molecular weight excluding hydrogens is 280 g/mol. The molecule has 0 spiro atoms. The van der Waals surface area contributed by atoms with Gasteiger partial charge in [-0.1, -0.05) is 6.07 Å². The average Bonchev–Trinajstić information content (AvgIpc) is 3.10. The second-order valence-corrected chi connectivity index (χ2v) is 5.01. The van der Waals surface area contributed by atoms with Gasteiger partial charge in [-0.15, -0.1) is 0 Å². The highest BCUT2D eigenvalue weighted by molar-refractivity contribution is 5.92. The lowest BCUT2D eigenvalue weighted by Gasteiger charge is -2.23. The van der Waals surface area contributed by atoms with E-state index in [0.717, 1.165) is 12.1 Å². The van der Waals surface area contributed by atoms with Crippen molar-refractivity contribution in [2.24, 2.45) is 0 Å². The van der Waals surface area contributed by atoms with E-state index < -0.39 is 23.8 Å². The van der Waals surface area contributed by atoms with Gasteiger partial charge in [0.25, 0.3) is 5.91 Å². The van der Waals surface area contributed by atoms with E-state index in [-0.39, 0.29) is 24.6 Å². The van der Waals surface area contributed by atoms with Gasteiger partial charge in [-0.2, -0.15) is 0 Å². The van der Waals surface area contributed by atoms with E-state index in [9.17, 15) is 18.7 Å². The van der Waals surface area contributed by atoms with Crippen LogP contribution in [0.25, 0.3) is 0 Å². The number of benzene rings is 1. The summed E-state index contributed by atoms with van der Waals surface area (Å²) in [6.45, 7) is 0.128. The molecule has 110 valence electrons. The Labute approximate surface area is 119 Å². The Morgan fingerprint density at radius 3 is 2.76 bits per heavy atom. The van der Waals surface area contributed by atoms with Gasteiger partial charge in [-0.25, -0.2) is 8.78 Å². The van der Waals surface area contributed by atoms with Crippen molar-refractivity contribution in [1.29, 1.82) is 0 Å². The number of aliphatic hydroxyl groups excluding tert-OH is 1. The standard InChI is InChI=1S/C15H13F2NO3/c16-11-4-3-9(6-12(11)17)13-7-10(19)8-18(13)15(20)14-2-1-5-21-14/h1-6,10,13,19H,7-8H2/t10-,13-/m1/s1. The molecule has 0 radical (unpaired) electrons. The third kappa shape index (κ3) is 2.54. The number of hydrogen-bond acceptors (Lipinski definition) is 3. The van der Waals surface area contributed by atoms with Gasteiger partial charge < -0.3 is 14.4 Å². The Morgan fingerprint density at radius 1 is 1.29 bits per heavy atom. The van der Waals surface area contributed by atoms with E-state index in [0.29, 0.717) is 5.56 Å². The first-order valence-electron chi connectivity index (χ1n) is 6.53. The van der Waals surface area contributed by atoms with Gasteiger partial charge in [0, 0.05) is 6.54 Å². The highest BCUT2D eigenvalue weighted by Gasteiger charge is 2.36. The molecule has 2 atom stereocenters. The van der Waals surface area contributed by atoms with E-state index in [1.807, 2.05) is 0 Å². The van der Waals surface area contributed by atoms with Crippen molar-refractivity contribution in [1.82, 2.24) is 4.90 Å². The zero-order chi connectivity index (χ0) is 15.0. The molecule has 6 heteroatoms. The van der Waals surface area contributed by atoms with Crippen molar-refractivity contribution in [2.75, 3.05) is 6.54 Å². The maximum Gasteiger partial charge on any atom is 0.290 e. The Morgan fingerprint density at radius 2 is 2.10 bits per heavy atom. The molecule has 1 fully saturated rings. The van der Waals surface area contributed by atoms with Crippen LogP contribution in [0.1, 0.15) is 28.6 Å². The maximum absolute atomic E-state index is 13.4. The summed E-state index contributed by atoms with van der Waals surface area (Å²) in [7, 11) is 0. The Balaban J connectivity index is 1.92. The Bertz CT molecular complexity index is 657. The quantitative estimate of drug-likeness (QED) is 0.925. The lowest BCUT2D eigenvalue weighted by Crippen LogP contribution is -2.31. The fourth-order valence-electron chi connectivity index (χ4n) is 2.62. The number of nitrogens with zero attached hydrogens (tertiary/aromatic N) is 1. The van der Waals surface area contributed by atoms with Crippen LogP contribution in [0.2, 0.25) is 0 Å². The highest BCUT2D eigenvalue weighted by atomic mass is 19.2. The minimum Gasteiger partial charge on any atom is -0.459 e. The van der Waals surface area contributed by atoms with Crippen molar-refractivity contribution >= 4 is 5.91 Å². The van der Waals surface area contributed by atoms with E-state index in [1.165, 1.54) is 23.3 Å². The maximum atomic E-state index is 13.4. The molecule has 0 aliphatic carbocycles. The van der Waals surface area contributed by atoms with Crippen LogP contribution in [-0.4, -0.2) is 28.6 Å². The van der Waals surface area contributed by atoms with E-state index in [4.69, 9.17) is 4.42 Å². The van der Waals surface area contributed by atoms with Gasteiger partial charge >= 0.3 is 0 Å². The second-order valence-electron chi connectivity index (χ2n) is 5.01. The third-order valence-corrected chi connectivity index (χ3v) is 3.60. The number of amides is 1. The van der Waals surface area contributed by atoms with Crippen LogP contribution in [0, 0.1) is 11.6 Å². The summed E-state index contributed by atoms with van der Waals surface area (Å²) in [5, 5.41) is 9.81. The fourth-order valence-corrected chi connectivity index (χ4v) is 2.62. The number of β-amino-alcohol motifs (C(OH)–C–C–N with tert-alkyl or cyclic N) is 1. The molecule has 0 saturated carbocycles. The van der Waals surface area contributed by atoms with E-state index >= 15 is 0 Å². The highest BCUT2D eigenvalue weighted by Crippen LogP contribution is 2.34. The number of rotatable bonds is 2. The van der Waals surface area contributed by atoms with Crippen molar-refractivity contribution in [3.63, 3.8) is 0 Å². The summed E-state index contributed by atoms with van der Waals surface area (Å²) in [6, 6.07) is 6.10. The summed E-state index contributed by atoms with van der Waals surface area (Å²) in [5.41, 5.74) is 0.449. The van der Waals surface area contributed by atoms with Crippen molar-refractivity contribution < 1.29 is 23.1 Å². The van der Waals surface area contributed by atoms with Gasteiger partial charge in [-0.05, 0) is 36.2 Å². The fraction of sp³-hybridized carbons (Fsp3) is 0.267. The summed E-state index contributed by atoms with van der Waals surface area (Å²) < 4.78 is 31.5. The van der Waals surface area contributed by atoms with Crippen molar-refractivity contribution in [3.05, 3.63) is 59.6 Å². The largest absolute Gasteiger partial charge is 0.459 e. The average molecular weight is 293 g/mol. The lowest BCUT2D eigenvalue weighted by atomic mass is 10.0.